The minimum absolute atomic E-state index is 0.0107. The van der Waals surface area contributed by atoms with Crippen LogP contribution in [-0.2, 0) is 27.2 Å². The number of alkyl halides is 3. The number of nitrogens with one attached hydrogen (secondary N) is 2. The van der Waals surface area contributed by atoms with Crippen LogP contribution in [0.4, 0.5) is 17.6 Å². The van der Waals surface area contributed by atoms with Gasteiger partial charge in [0.1, 0.15) is 24.4 Å². The summed E-state index contributed by atoms with van der Waals surface area (Å²) in [5, 5.41) is 6.82. The fourth-order valence-corrected chi connectivity index (χ4v) is 5.54. The summed E-state index contributed by atoms with van der Waals surface area (Å²) >= 11 is 0. The number of fused-ring (bicyclic) bond motifs is 1. The van der Waals surface area contributed by atoms with E-state index < -0.39 is 48.5 Å². The van der Waals surface area contributed by atoms with Crippen molar-refractivity contribution in [3.8, 4) is 0 Å². The second-order valence-corrected chi connectivity index (χ2v) is 10.8. The molecule has 43 heavy (non-hydrogen) atoms. The monoisotopic (exact) mass is 600 g/mol. The third-order valence-corrected chi connectivity index (χ3v) is 7.76. The molecule has 3 aromatic rings. The number of carbonyl (C=O) groups excluding carboxylic acids is 3. The van der Waals surface area contributed by atoms with E-state index in [0.717, 1.165) is 16.3 Å². The fraction of sp³-hybridized carbons (Fsp3) is 0.406. The van der Waals surface area contributed by atoms with Crippen LogP contribution < -0.4 is 10.6 Å². The van der Waals surface area contributed by atoms with Gasteiger partial charge in [-0.3, -0.25) is 14.4 Å². The maximum absolute atomic E-state index is 14.0. The highest BCUT2D eigenvalue weighted by Crippen LogP contribution is 2.24. The van der Waals surface area contributed by atoms with Crippen LogP contribution in [0.5, 0.6) is 0 Å². The number of nitrogens with zero attached hydrogens (tertiary/aromatic N) is 2. The van der Waals surface area contributed by atoms with Crippen molar-refractivity contribution < 1.29 is 31.9 Å². The molecule has 230 valence electrons. The average molecular weight is 601 g/mol. The first-order valence-corrected chi connectivity index (χ1v) is 14.4. The molecule has 1 aliphatic heterocycles. The van der Waals surface area contributed by atoms with Gasteiger partial charge in [0.15, 0.2) is 0 Å². The Bertz CT molecular complexity index is 1430. The molecule has 0 aromatic heterocycles. The molecule has 0 spiro atoms. The van der Waals surface area contributed by atoms with Gasteiger partial charge >= 0.3 is 6.18 Å². The summed E-state index contributed by atoms with van der Waals surface area (Å²) in [7, 11) is 1.63. The van der Waals surface area contributed by atoms with Gasteiger partial charge in [-0.2, -0.15) is 13.2 Å². The van der Waals surface area contributed by atoms with Crippen molar-refractivity contribution in [2.24, 2.45) is 0 Å². The molecule has 3 aromatic carbocycles. The Labute approximate surface area is 248 Å². The number of hydrogen-bond donors (Lipinski definition) is 2. The topological polar surface area (TPSA) is 81.8 Å². The van der Waals surface area contributed by atoms with E-state index in [0.29, 0.717) is 18.4 Å². The maximum Gasteiger partial charge on any atom is 0.405 e. The summed E-state index contributed by atoms with van der Waals surface area (Å²) in [5.41, 5.74) is 1.43. The zero-order chi connectivity index (χ0) is 31.1. The van der Waals surface area contributed by atoms with E-state index in [-0.39, 0.29) is 31.8 Å². The molecule has 1 aliphatic rings. The predicted octanol–water partition coefficient (Wildman–Crippen LogP) is 4.24. The first-order chi connectivity index (χ1) is 20.5. The second-order valence-electron chi connectivity index (χ2n) is 10.8. The van der Waals surface area contributed by atoms with Gasteiger partial charge in [0.2, 0.25) is 17.7 Å². The molecule has 7 nitrogen and oxygen atoms in total. The molecule has 0 aliphatic carbocycles. The van der Waals surface area contributed by atoms with Crippen LogP contribution in [0.15, 0.2) is 66.7 Å². The normalized spacial score (nSPS) is 17.2. The standard InChI is InChI=1S/C32H36F4N4O3/c1-3-6-27-31(43)40(16-15-39(27)30(42)26(37-2)18-21-10-13-25(33)14-11-21)28(29(41)38-20-32(34,35)36)19-22-9-12-23-7-4-5-8-24(23)17-22/h4-5,7-14,17,26-28,37H,3,6,15-16,18-20H2,1-2H3,(H,38,41). The Morgan fingerprint density at radius 1 is 0.953 bits per heavy atom. The van der Waals surface area contributed by atoms with E-state index in [2.05, 4.69) is 5.32 Å². The highest BCUT2D eigenvalue weighted by atomic mass is 19.4. The van der Waals surface area contributed by atoms with Crippen LogP contribution in [0.3, 0.4) is 0 Å². The van der Waals surface area contributed by atoms with Crippen molar-refractivity contribution in [2.75, 3.05) is 26.7 Å². The molecule has 3 unspecified atom stereocenters. The Morgan fingerprint density at radius 3 is 2.28 bits per heavy atom. The van der Waals surface area contributed by atoms with Crippen molar-refractivity contribution in [3.63, 3.8) is 0 Å². The van der Waals surface area contributed by atoms with Crippen LogP contribution in [0, 0.1) is 5.82 Å². The number of hydrogen-bond acceptors (Lipinski definition) is 4. The molecule has 4 rings (SSSR count). The summed E-state index contributed by atoms with van der Waals surface area (Å²) in [6.07, 6.45) is -3.45. The molecule has 3 amide bonds. The Balaban J connectivity index is 1.58. The van der Waals surface area contributed by atoms with E-state index in [1.807, 2.05) is 48.6 Å². The van der Waals surface area contributed by atoms with Crippen LogP contribution in [0.1, 0.15) is 30.9 Å². The molecule has 1 heterocycles. The number of carbonyl (C=O) groups is 3. The highest BCUT2D eigenvalue weighted by Gasteiger charge is 2.43. The van der Waals surface area contributed by atoms with Crippen molar-refractivity contribution in [3.05, 3.63) is 83.7 Å². The van der Waals surface area contributed by atoms with E-state index >= 15 is 0 Å². The van der Waals surface area contributed by atoms with E-state index in [1.165, 1.54) is 21.9 Å². The SMILES string of the molecule is CCCC1C(=O)N(C(Cc2ccc3ccccc3c2)C(=O)NCC(F)(F)F)CCN1C(=O)C(Cc1ccc(F)cc1)NC. The molecule has 11 heteroatoms. The quantitative estimate of drug-likeness (QED) is 0.323. The molecule has 3 atom stereocenters. The number of likely N-dealkylation sites (N-methyl/N-ethyl adjacent to an activating group) is 1. The van der Waals surface area contributed by atoms with Gasteiger partial charge in [0.05, 0.1) is 6.04 Å². The van der Waals surface area contributed by atoms with Crippen LogP contribution in [0.2, 0.25) is 0 Å². The average Bonchev–Trinajstić information content (AvgIpc) is 2.99. The Morgan fingerprint density at radius 2 is 1.63 bits per heavy atom. The second kappa shape index (κ2) is 14.0. The van der Waals surface area contributed by atoms with Gasteiger partial charge < -0.3 is 20.4 Å². The lowest BCUT2D eigenvalue weighted by atomic mass is 9.96. The Kier molecular flexibility index (Phi) is 10.4. The van der Waals surface area contributed by atoms with Gasteiger partial charge in [-0.25, -0.2) is 4.39 Å². The summed E-state index contributed by atoms with van der Waals surface area (Å²) in [6.45, 7) is 0.441. The number of piperazine rings is 1. The minimum Gasteiger partial charge on any atom is -0.345 e. The molecular weight excluding hydrogens is 564 g/mol. The predicted molar refractivity (Wildman–Crippen MR) is 156 cm³/mol. The zero-order valence-electron chi connectivity index (χ0n) is 24.2. The number of rotatable bonds is 11. The third kappa shape index (κ3) is 8.10. The lowest BCUT2D eigenvalue weighted by molar-refractivity contribution is -0.158. The lowest BCUT2D eigenvalue weighted by Gasteiger charge is -2.44. The van der Waals surface area contributed by atoms with Crippen LogP contribution in [-0.4, -0.2) is 78.5 Å². The highest BCUT2D eigenvalue weighted by molar-refractivity contribution is 5.94. The van der Waals surface area contributed by atoms with Crippen LogP contribution >= 0.6 is 0 Å². The van der Waals surface area contributed by atoms with Gasteiger partial charge in [-0.1, -0.05) is 67.9 Å². The van der Waals surface area contributed by atoms with E-state index in [4.69, 9.17) is 0 Å². The molecule has 0 saturated carbocycles. The van der Waals surface area contributed by atoms with E-state index in [1.54, 1.807) is 25.2 Å². The largest absolute Gasteiger partial charge is 0.405 e. The first kappa shape index (κ1) is 31.9. The summed E-state index contributed by atoms with van der Waals surface area (Å²) in [5.74, 6) is -2.09. The summed E-state index contributed by atoms with van der Waals surface area (Å²) in [6, 6.07) is 16.1. The molecule has 0 bridgehead atoms. The summed E-state index contributed by atoms with van der Waals surface area (Å²) < 4.78 is 52.5. The van der Waals surface area contributed by atoms with Gasteiger partial charge in [-0.15, -0.1) is 0 Å². The molecule has 2 N–H and O–H groups in total. The zero-order valence-corrected chi connectivity index (χ0v) is 24.2. The lowest BCUT2D eigenvalue weighted by Crippen LogP contribution is -2.65. The van der Waals surface area contributed by atoms with Crippen LogP contribution in [0.25, 0.3) is 10.8 Å². The molecule has 0 radical (unpaired) electrons. The smallest absolute Gasteiger partial charge is 0.345 e. The van der Waals surface area contributed by atoms with Crippen molar-refractivity contribution >= 4 is 28.5 Å². The van der Waals surface area contributed by atoms with Gasteiger partial charge in [-0.05, 0) is 53.9 Å². The van der Waals surface area contributed by atoms with Crippen molar-refractivity contribution in [1.82, 2.24) is 20.4 Å². The summed E-state index contributed by atoms with van der Waals surface area (Å²) in [4.78, 5) is 43.7. The third-order valence-electron chi connectivity index (χ3n) is 7.76. The van der Waals surface area contributed by atoms with Gasteiger partial charge in [0.25, 0.3) is 0 Å². The Hall–Kier alpha value is -3.99. The fourth-order valence-electron chi connectivity index (χ4n) is 5.54. The van der Waals surface area contributed by atoms with E-state index in [9.17, 15) is 31.9 Å². The first-order valence-electron chi connectivity index (χ1n) is 14.4. The maximum atomic E-state index is 14.0. The van der Waals surface area contributed by atoms with Gasteiger partial charge in [0, 0.05) is 19.5 Å². The minimum atomic E-state index is -4.62. The molecule has 1 fully saturated rings. The molecule has 1 saturated heterocycles. The number of amides is 3. The van der Waals surface area contributed by atoms with Crippen molar-refractivity contribution in [2.45, 2.75) is 56.9 Å². The molecular formula is C32H36F4N4O3. The van der Waals surface area contributed by atoms with Crippen molar-refractivity contribution in [1.29, 1.82) is 0 Å². The number of benzene rings is 3. The number of halogens is 4.